The molecule has 4 nitrogen and oxygen atoms in total. The van der Waals surface area contributed by atoms with Crippen molar-refractivity contribution in [3.63, 3.8) is 0 Å². The first-order chi connectivity index (χ1) is 9.08. The molecular weight excluding hydrogens is 243 g/mol. The van der Waals surface area contributed by atoms with Crippen LogP contribution in [0.4, 0.5) is 10.1 Å². The quantitative estimate of drug-likeness (QED) is 0.652. The van der Waals surface area contributed by atoms with Gasteiger partial charge in [-0.2, -0.15) is 0 Å². The van der Waals surface area contributed by atoms with Crippen LogP contribution in [0.25, 0.3) is 0 Å². The fourth-order valence-electron chi connectivity index (χ4n) is 1.87. The molecule has 0 saturated carbocycles. The largest absolute Gasteiger partial charge is 0.382 e. The normalized spacial score (nSPS) is 10.2. The third kappa shape index (κ3) is 3.07. The Labute approximate surface area is 111 Å². The van der Waals surface area contributed by atoms with E-state index in [2.05, 4.69) is 4.98 Å². The summed E-state index contributed by atoms with van der Waals surface area (Å²) >= 11 is 0. The Morgan fingerprint density at radius 3 is 2.84 bits per heavy atom. The summed E-state index contributed by atoms with van der Waals surface area (Å²) in [6.07, 6.45) is 1.60. The van der Waals surface area contributed by atoms with Gasteiger partial charge in [0.1, 0.15) is 17.3 Å². The van der Waals surface area contributed by atoms with E-state index in [1.165, 1.54) is 12.1 Å². The monoisotopic (exact) mass is 258 g/mol. The molecule has 1 heterocycles. The van der Waals surface area contributed by atoms with Crippen LogP contribution in [0.3, 0.4) is 0 Å². The molecule has 0 amide bonds. The van der Waals surface area contributed by atoms with E-state index in [1.54, 1.807) is 18.3 Å². The molecule has 0 aliphatic rings. The number of nitrogens with two attached hydrogens (primary N) is 1. The number of nitrogens with zero attached hydrogens (tertiary/aromatic N) is 2. The Morgan fingerprint density at radius 2 is 2.16 bits per heavy atom. The second-order valence-corrected chi connectivity index (χ2v) is 4.26. The Balaban J connectivity index is 2.24. The number of anilines is 1. The van der Waals surface area contributed by atoms with Crippen molar-refractivity contribution < 1.29 is 4.39 Å². The average Bonchev–Trinajstić information content (AvgIpc) is 2.39. The smallest absolute Gasteiger partial charge is 0.142 e. The summed E-state index contributed by atoms with van der Waals surface area (Å²) in [5.74, 6) is -0.342. The lowest BCUT2D eigenvalue weighted by Crippen LogP contribution is -2.22. The predicted octanol–water partition coefficient (Wildman–Crippen LogP) is 2.14. The Morgan fingerprint density at radius 1 is 1.37 bits per heavy atom. The van der Waals surface area contributed by atoms with Crippen LogP contribution in [-0.2, 0) is 6.54 Å². The van der Waals surface area contributed by atoms with Gasteiger partial charge in [0.05, 0.1) is 0 Å². The standard InChI is InChI=1S/C14H15FN4/c1-19(12-6-2-5-11(15)8-12)9-10-4-3-7-18-13(10)14(16)17/h2-8H,9H2,1H3,(H3,16,17). The lowest BCUT2D eigenvalue weighted by atomic mass is 10.1. The Hall–Kier alpha value is -2.43. The van der Waals surface area contributed by atoms with Crippen molar-refractivity contribution in [1.82, 2.24) is 4.98 Å². The van der Waals surface area contributed by atoms with Crippen LogP contribution in [0, 0.1) is 11.2 Å². The molecule has 0 fully saturated rings. The van der Waals surface area contributed by atoms with Gasteiger partial charge >= 0.3 is 0 Å². The molecule has 0 unspecified atom stereocenters. The highest BCUT2D eigenvalue weighted by Gasteiger charge is 2.09. The van der Waals surface area contributed by atoms with Crippen molar-refractivity contribution in [2.75, 3.05) is 11.9 Å². The first kappa shape index (κ1) is 13.0. The first-order valence-corrected chi connectivity index (χ1v) is 5.83. The van der Waals surface area contributed by atoms with Crippen molar-refractivity contribution in [3.8, 4) is 0 Å². The maximum atomic E-state index is 13.2. The van der Waals surface area contributed by atoms with Crippen LogP contribution < -0.4 is 10.6 Å². The van der Waals surface area contributed by atoms with E-state index < -0.39 is 0 Å². The molecule has 3 N–H and O–H groups in total. The second kappa shape index (κ2) is 5.48. The minimum Gasteiger partial charge on any atom is -0.382 e. The molecule has 0 spiro atoms. The molecule has 0 aliphatic heterocycles. The third-order valence-electron chi connectivity index (χ3n) is 2.80. The summed E-state index contributed by atoms with van der Waals surface area (Å²) in [4.78, 5) is 5.97. The molecule has 1 aromatic heterocycles. The summed E-state index contributed by atoms with van der Waals surface area (Å²) in [6, 6.07) is 10.0. The highest BCUT2D eigenvalue weighted by molar-refractivity contribution is 5.94. The number of nitrogens with one attached hydrogen (secondary N) is 1. The zero-order chi connectivity index (χ0) is 13.8. The maximum absolute atomic E-state index is 13.2. The number of nitrogen functional groups attached to an aromatic ring is 1. The fourth-order valence-corrected chi connectivity index (χ4v) is 1.87. The number of aromatic nitrogens is 1. The fraction of sp³-hybridized carbons (Fsp3) is 0.143. The first-order valence-electron chi connectivity index (χ1n) is 5.83. The Kier molecular flexibility index (Phi) is 3.75. The molecule has 0 bridgehead atoms. The lowest BCUT2D eigenvalue weighted by Gasteiger charge is -2.20. The zero-order valence-electron chi connectivity index (χ0n) is 10.6. The van der Waals surface area contributed by atoms with E-state index in [1.807, 2.05) is 24.1 Å². The molecule has 0 atom stereocenters. The van der Waals surface area contributed by atoms with Crippen LogP contribution in [0.5, 0.6) is 0 Å². The number of rotatable bonds is 4. The van der Waals surface area contributed by atoms with Gasteiger partial charge in [0.15, 0.2) is 0 Å². The summed E-state index contributed by atoms with van der Waals surface area (Å²) in [5, 5.41) is 7.50. The molecule has 0 radical (unpaired) electrons. The van der Waals surface area contributed by atoms with Gasteiger partial charge in [-0.15, -0.1) is 0 Å². The molecule has 2 aromatic rings. The summed E-state index contributed by atoms with van der Waals surface area (Å²) < 4.78 is 13.2. The number of hydrogen-bond acceptors (Lipinski definition) is 3. The highest BCUT2D eigenvalue weighted by atomic mass is 19.1. The predicted molar refractivity (Wildman–Crippen MR) is 73.8 cm³/mol. The van der Waals surface area contributed by atoms with Gasteiger partial charge in [-0.1, -0.05) is 12.1 Å². The van der Waals surface area contributed by atoms with Crippen LogP contribution in [0.15, 0.2) is 42.6 Å². The summed E-state index contributed by atoms with van der Waals surface area (Å²) in [6.45, 7) is 0.506. The average molecular weight is 258 g/mol. The van der Waals surface area contributed by atoms with Crippen molar-refractivity contribution >= 4 is 11.5 Å². The van der Waals surface area contributed by atoms with Crippen LogP contribution in [0.1, 0.15) is 11.3 Å². The van der Waals surface area contributed by atoms with E-state index in [0.717, 1.165) is 11.3 Å². The van der Waals surface area contributed by atoms with Crippen LogP contribution in [0.2, 0.25) is 0 Å². The van der Waals surface area contributed by atoms with Gasteiger partial charge in [-0.25, -0.2) is 4.39 Å². The molecule has 1 aromatic carbocycles. The van der Waals surface area contributed by atoms with E-state index in [4.69, 9.17) is 11.1 Å². The van der Waals surface area contributed by atoms with Gasteiger partial charge in [0.25, 0.3) is 0 Å². The van der Waals surface area contributed by atoms with E-state index in [0.29, 0.717) is 12.2 Å². The minimum absolute atomic E-state index is 0.0664. The van der Waals surface area contributed by atoms with Gasteiger partial charge in [-0.3, -0.25) is 10.4 Å². The summed E-state index contributed by atoms with van der Waals surface area (Å²) in [7, 11) is 1.85. The number of amidine groups is 1. The molecule has 5 heteroatoms. The Bertz CT molecular complexity index is 598. The molecular formula is C14H15FN4. The number of pyridine rings is 1. The zero-order valence-corrected chi connectivity index (χ0v) is 10.6. The molecule has 0 saturated heterocycles. The van der Waals surface area contributed by atoms with Crippen molar-refractivity contribution in [2.45, 2.75) is 6.54 Å². The molecule has 0 aliphatic carbocycles. The highest BCUT2D eigenvalue weighted by Crippen LogP contribution is 2.17. The maximum Gasteiger partial charge on any atom is 0.142 e. The van der Waals surface area contributed by atoms with E-state index >= 15 is 0 Å². The lowest BCUT2D eigenvalue weighted by molar-refractivity contribution is 0.627. The topological polar surface area (TPSA) is 66.0 Å². The van der Waals surface area contributed by atoms with Crippen LogP contribution in [-0.4, -0.2) is 17.9 Å². The molecule has 98 valence electrons. The SMILES string of the molecule is CN(Cc1cccnc1C(=N)N)c1cccc(F)c1. The summed E-state index contributed by atoms with van der Waals surface area (Å²) in [5.41, 5.74) is 7.56. The van der Waals surface area contributed by atoms with Gasteiger partial charge < -0.3 is 10.6 Å². The third-order valence-corrected chi connectivity index (χ3v) is 2.80. The van der Waals surface area contributed by atoms with E-state index in [9.17, 15) is 4.39 Å². The van der Waals surface area contributed by atoms with Gasteiger partial charge in [0, 0.05) is 31.0 Å². The molecule has 2 rings (SSSR count). The number of hydrogen-bond donors (Lipinski definition) is 2. The number of benzene rings is 1. The van der Waals surface area contributed by atoms with Crippen molar-refractivity contribution in [3.05, 3.63) is 59.7 Å². The number of halogens is 1. The second-order valence-electron chi connectivity index (χ2n) is 4.26. The van der Waals surface area contributed by atoms with E-state index in [-0.39, 0.29) is 11.7 Å². The van der Waals surface area contributed by atoms with Gasteiger partial charge in [-0.05, 0) is 24.3 Å². The van der Waals surface area contributed by atoms with Crippen LogP contribution >= 0.6 is 0 Å². The van der Waals surface area contributed by atoms with Gasteiger partial charge in [0.2, 0.25) is 0 Å². The van der Waals surface area contributed by atoms with Crippen molar-refractivity contribution in [1.29, 1.82) is 5.41 Å². The molecule has 19 heavy (non-hydrogen) atoms. The minimum atomic E-state index is -0.276. The van der Waals surface area contributed by atoms with Crippen molar-refractivity contribution in [2.24, 2.45) is 5.73 Å².